The predicted octanol–water partition coefficient (Wildman–Crippen LogP) is 3.90. The summed E-state index contributed by atoms with van der Waals surface area (Å²) < 4.78 is 32.3. The van der Waals surface area contributed by atoms with Gasteiger partial charge in [0.25, 0.3) is 0 Å². The van der Waals surface area contributed by atoms with Crippen LogP contribution < -0.4 is 49.3 Å². The molecular weight excluding hydrogens is 1240 g/mol. The van der Waals surface area contributed by atoms with E-state index >= 15 is 0 Å². The van der Waals surface area contributed by atoms with Crippen molar-refractivity contribution in [2.45, 2.75) is 207 Å². The van der Waals surface area contributed by atoms with E-state index in [4.69, 9.17) is 69.5 Å². The van der Waals surface area contributed by atoms with E-state index in [1.165, 1.54) is 13.3 Å². The molecule has 1 aromatic carbocycles. The first kappa shape index (κ1) is 72.5. The molecule has 1 radical (unpaired) electrons. The van der Waals surface area contributed by atoms with Gasteiger partial charge in [-0.1, -0.05) is 53.6 Å². The number of aromatic nitrogens is 2. The third-order valence-corrected chi connectivity index (χ3v) is 22.3. The number of phosphoric ester groups is 1. The fourth-order valence-corrected chi connectivity index (χ4v) is 17.3. The first-order valence-corrected chi connectivity index (χ1v) is 32.4. The number of benzene rings is 1. The second-order valence-corrected chi connectivity index (χ2v) is 28.9. The zero-order valence-corrected chi connectivity index (χ0v) is 55.7. The average Bonchev–Trinajstić information content (AvgIpc) is 1.54. The van der Waals surface area contributed by atoms with Gasteiger partial charge in [-0.3, -0.25) is 42.6 Å². The molecule has 507 valence electrons. The summed E-state index contributed by atoms with van der Waals surface area (Å²) in [6.45, 7) is 19.5. The van der Waals surface area contributed by atoms with Crippen molar-refractivity contribution in [3.8, 4) is 0 Å². The number of hydrogen-bond acceptors (Lipinski definition) is 13. The van der Waals surface area contributed by atoms with Gasteiger partial charge >= 0.3 is 7.82 Å². The van der Waals surface area contributed by atoms with E-state index in [1.54, 1.807) is 4.57 Å². The number of phosphoric acid groups is 1. The minimum Gasteiger partial charge on any atom is -0.685 e. The summed E-state index contributed by atoms with van der Waals surface area (Å²) in [5.74, 6) is -6.86. The zero-order valence-electron chi connectivity index (χ0n) is 53.8. The number of nitrogens with two attached hydrogens (primary N) is 6. The number of amides is 7. The number of nitrogens with zero attached hydrogens (tertiary/aromatic N) is 6. The molecule has 3 unspecified atom stereocenters. The van der Waals surface area contributed by atoms with Crippen LogP contribution in [0.5, 0.6) is 0 Å². The smallest absolute Gasteiger partial charge is 0.472 e. The summed E-state index contributed by atoms with van der Waals surface area (Å²) in [5.41, 5.74) is 36.2. The van der Waals surface area contributed by atoms with Gasteiger partial charge in [0.1, 0.15) is 18.3 Å². The van der Waals surface area contributed by atoms with Crippen LogP contribution in [0.15, 0.2) is 52.8 Å². The zero-order chi connectivity index (χ0) is 66.7. The first-order chi connectivity index (χ1) is 41.8. The number of carbonyl (C=O) groups excluding carboxylic acids is 7. The van der Waals surface area contributed by atoms with Crippen LogP contribution >= 0.6 is 7.82 Å². The normalized spacial score (nSPS) is 36.3. The molecule has 29 heteroatoms. The topological polar surface area (TPSA) is 467 Å². The Hall–Kier alpha value is -5.94. The molecule has 8 bridgehead atoms. The Kier molecular flexibility index (Phi) is 21.7. The fraction of sp³-hybridized carbons (Fsp3) is 0.677. The molecule has 6 aliphatic rings. The SMILES string of the molecule is C/C1=C2/[N-]C(/C=C3\[N-][C@H](/C(C)=C4\[N-][C@H]([C@H](CC(N)=O)[C@@]4(C)CCC(=O)NC[C@@H](C)OP(=O)(O)O[C@H]4[C@@H](O)[C@@H]([n+]5c[n-]c6cc(C)c(C)cc65)O[C@@H]4CO)[C@]4(C)[N-]C1[C@@H](CCC(N)=O)[C@]4(C)CC(N)=O)[C@@H](CCC(N)=O)C3(C)C)[C@@H](CCC(N)=O)[C@]2(C)CC(N)=O.[Co]. The van der Waals surface area contributed by atoms with E-state index in [0.29, 0.717) is 39.3 Å². The van der Waals surface area contributed by atoms with Crippen molar-refractivity contribution >= 4 is 60.2 Å². The molecular formula is C62H92CoN13O14P-4. The summed E-state index contributed by atoms with van der Waals surface area (Å²) in [6.07, 6.45) is -3.96. The van der Waals surface area contributed by atoms with Crippen LogP contribution in [0.1, 0.15) is 150 Å². The number of rotatable bonds is 26. The maximum absolute atomic E-state index is 14.4. The van der Waals surface area contributed by atoms with Crippen molar-refractivity contribution in [2.75, 3.05) is 13.2 Å². The first-order valence-electron chi connectivity index (χ1n) is 30.9. The van der Waals surface area contributed by atoms with E-state index in [9.17, 15) is 53.2 Å². The van der Waals surface area contributed by atoms with Crippen LogP contribution in [0.2, 0.25) is 0 Å². The second kappa shape index (κ2) is 27.2. The quantitative estimate of drug-likeness (QED) is 0.0472. The van der Waals surface area contributed by atoms with Gasteiger partial charge in [0.15, 0.2) is 6.23 Å². The molecule has 16 N–H and O–H groups in total. The molecule has 0 saturated carbocycles. The molecule has 1 aromatic heterocycles. The van der Waals surface area contributed by atoms with Crippen LogP contribution in [0, 0.1) is 59.2 Å². The fourth-order valence-electron chi connectivity index (χ4n) is 16.1. The number of nitrogens with one attached hydrogen (secondary N) is 1. The predicted molar refractivity (Wildman–Crippen MR) is 331 cm³/mol. The number of aliphatic hydroxyl groups is 2. The Morgan fingerprint density at radius 2 is 1.31 bits per heavy atom. The monoisotopic (exact) mass is 1330 g/mol. The van der Waals surface area contributed by atoms with E-state index in [1.807, 2.05) is 87.4 Å². The van der Waals surface area contributed by atoms with Crippen LogP contribution in [0.25, 0.3) is 32.3 Å². The summed E-state index contributed by atoms with van der Waals surface area (Å²) in [6, 6.07) is 0.417. The Balaban J connectivity index is 0.0000118. The molecule has 2 aromatic rings. The van der Waals surface area contributed by atoms with Crippen molar-refractivity contribution < 1.29 is 88.4 Å². The Morgan fingerprint density at radius 1 is 0.736 bits per heavy atom. The van der Waals surface area contributed by atoms with Crippen LogP contribution in [-0.4, -0.2) is 124 Å². The standard InChI is InChI=1S/C62H92N13O14P.Co/c1-29-20-39-40(21-30(29)2)75(28-70-39)57-52(84)53(41(27-76)87-57)89-90(85,86)88-31(3)26-69-49(83)18-19-59(8)37(22-46(66)80)56-62(11)61(10,25-48(68)82)36(14-17-45(65)79)51(74-62)33(5)55-60(9,24-47(67)81)34(12-15-43(63)77)38(71-55)23-42-58(6,7)35(13-16-44(64)78)50(72-42)32(4)54(59)73-56;/h20-21,23,28,31,34-38,41,50-53,56-57,76,84H,12-19,22,24-27H2,1-11H3,(H14,63,64,65,66,67,68,69,77,78,79,80,81,82,83,85,86);/q-4;/b42-23-,54-32-,55-33-;/t31-,34-,35-,36-,37+,38?,41-,50-,51?,52-,53-,56-,57+,59-,60+,61+,62+;/m1./s1. The van der Waals surface area contributed by atoms with Gasteiger partial charge < -0.3 is 85.4 Å². The molecule has 6 aliphatic heterocycles. The largest absolute Gasteiger partial charge is 0.685 e. The van der Waals surface area contributed by atoms with Crippen LogP contribution in [0.3, 0.4) is 0 Å². The van der Waals surface area contributed by atoms with Gasteiger partial charge in [-0.15, -0.1) is 34.8 Å². The second-order valence-electron chi connectivity index (χ2n) is 27.5. The van der Waals surface area contributed by atoms with Crippen molar-refractivity contribution in [3.05, 3.63) is 85.2 Å². The molecule has 7 heterocycles. The summed E-state index contributed by atoms with van der Waals surface area (Å²) in [4.78, 5) is 109. The van der Waals surface area contributed by atoms with E-state index < -0.39 is 161 Å². The molecule has 0 aliphatic carbocycles. The molecule has 18 atom stereocenters. The van der Waals surface area contributed by atoms with E-state index in [-0.39, 0.29) is 94.0 Å². The minimum absolute atomic E-state index is 0. The number of allylic oxidation sites excluding steroid dienone is 3. The third-order valence-electron chi connectivity index (χ3n) is 21.2. The van der Waals surface area contributed by atoms with Gasteiger partial charge in [0, 0.05) is 68.3 Å². The average molecular weight is 1330 g/mol. The third kappa shape index (κ3) is 14.0. The Morgan fingerprint density at radius 3 is 1.89 bits per heavy atom. The summed E-state index contributed by atoms with van der Waals surface area (Å²) in [5, 5.41) is 46.9. The number of aliphatic hydroxyl groups excluding tert-OH is 2. The van der Waals surface area contributed by atoms with Gasteiger partial charge in [0.2, 0.25) is 41.4 Å². The summed E-state index contributed by atoms with van der Waals surface area (Å²) >= 11 is 0. The molecule has 7 amide bonds. The molecule has 8 rings (SSSR count). The number of carbonyl (C=O) groups is 7. The van der Waals surface area contributed by atoms with Gasteiger partial charge in [-0.25, -0.2) is 9.55 Å². The van der Waals surface area contributed by atoms with Gasteiger partial charge in [-0.05, 0) is 129 Å². The molecule has 5 fully saturated rings. The Labute approximate surface area is 541 Å². The molecule has 91 heavy (non-hydrogen) atoms. The number of aryl methyl sites for hydroxylation is 2. The summed E-state index contributed by atoms with van der Waals surface area (Å²) in [7, 11) is -5.06. The number of primary amides is 6. The maximum Gasteiger partial charge on any atom is 0.472 e. The van der Waals surface area contributed by atoms with E-state index in [2.05, 4.69) is 10.3 Å². The minimum atomic E-state index is -5.06. The van der Waals surface area contributed by atoms with Crippen LogP contribution in [0.4, 0.5) is 0 Å². The van der Waals surface area contributed by atoms with Gasteiger partial charge in [0.05, 0.1) is 30.1 Å². The van der Waals surface area contributed by atoms with Crippen LogP contribution in [-0.2, 0) is 68.7 Å². The van der Waals surface area contributed by atoms with Gasteiger partial charge in [-0.2, -0.15) is 17.1 Å². The van der Waals surface area contributed by atoms with Crippen molar-refractivity contribution in [2.24, 2.45) is 79.7 Å². The molecule has 0 spiro atoms. The molecule has 5 saturated heterocycles. The number of fused-ring (bicyclic) bond motifs is 10. The maximum atomic E-state index is 14.4. The van der Waals surface area contributed by atoms with E-state index in [0.717, 1.165) is 11.1 Å². The number of imidazole rings is 1. The number of ether oxygens (including phenoxy) is 1. The Bertz CT molecular complexity index is 3340. The number of hydrogen-bond donors (Lipinski definition) is 10. The molecule has 27 nitrogen and oxygen atoms in total. The van der Waals surface area contributed by atoms with Crippen molar-refractivity contribution in [3.63, 3.8) is 0 Å². The van der Waals surface area contributed by atoms with Crippen molar-refractivity contribution in [1.29, 1.82) is 0 Å². The van der Waals surface area contributed by atoms with Crippen molar-refractivity contribution in [1.82, 2.24) is 10.3 Å².